The number of likely N-dealkylation sites (tertiary alicyclic amines) is 2. The first kappa shape index (κ1) is 10.9. The highest BCUT2D eigenvalue weighted by molar-refractivity contribution is 5.78. The van der Waals surface area contributed by atoms with E-state index < -0.39 is 5.67 Å². The summed E-state index contributed by atoms with van der Waals surface area (Å²) in [6.45, 7) is 5.08. The number of amides is 1. The van der Waals surface area contributed by atoms with Gasteiger partial charge in [0, 0.05) is 19.6 Å². The maximum absolute atomic E-state index is 13.7. The Morgan fingerprint density at radius 1 is 1.33 bits per heavy atom. The standard InChI is InChI=1S/C11H19FN2O/c1-11(12)4-2-5-13(9-11)8-10(15)14-6-3-7-14/h2-9H2,1H3/t11-/m0/s1. The van der Waals surface area contributed by atoms with Gasteiger partial charge in [0.1, 0.15) is 5.67 Å². The van der Waals surface area contributed by atoms with Crippen LogP contribution >= 0.6 is 0 Å². The Balaban J connectivity index is 1.80. The number of carbonyl (C=O) groups is 1. The molecule has 0 spiro atoms. The quantitative estimate of drug-likeness (QED) is 0.686. The Kier molecular flexibility index (Phi) is 2.96. The minimum Gasteiger partial charge on any atom is -0.341 e. The van der Waals surface area contributed by atoms with Crippen LogP contribution in [0.4, 0.5) is 4.39 Å². The third kappa shape index (κ3) is 2.68. The van der Waals surface area contributed by atoms with Gasteiger partial charge in [-0.15, -0.1) is 0 Å². The summed E-state index contributed by atoms with van der Waals surface area (Å²) in [5.74, 6) is 0.166. The molecule has 1 atom stereocenters. The molecule has 0 radical (unpaired) electrons. The molecule has 0 saturated carbocycles. The van der Waals surface area contributed by atoms with E-state index in [4.69, 9.17) is 0 Å². The lowest BCUT2D eigenvalue weighted by atomic mass is 9.97. The Morgan fingerprint density at radius 3 is 2.60 bits per heavy atom. The van der Waals surface area contributed by atoms with Crippen molar-refractivity contribution < 1.29 is 9.18 Å². The predicted molar refractivity (Wildman–Crippen MR) is 56.4 cm³/mol. The average Bonchev–Trinajstić information content (AvgIpc) is 1.97. The van der Waals surface area contributed by atoms with E-state index in [1.165, 1.54) is 0 Å². The number of rotatable bonds is 2. The van der Waals surface area contributed by atoms with Gasteiger partial charge >= 0.3 is 0 Å². The summed E-state index contributed by atoms with van der Waals surface area (Å²) in [5, 5.41) is 0. The van der Waals surface area contributed by atoms with E-state index in [-0.39, 0.29) is 5.91 Å². The van der Waals surface area contributed by atoms with Crippen molar-refractivity contribution in [2.75, 3.05) is 32.7 Å². The molecule has 0 aromatic rings. The van der Waals surface area contributed by atoms with Crippen LogP contribution in [0, 0.1) is 0 Å². The van der Waals surface area contributed by atoms with Crippen LogP contribution in [0.25, 0.3) is 0 Å². The summed E-state index contributed by atoms with van der Waals surface area (Å²) >= 11 is 0. The third-order valence-electron chi connectivity index (χ3n) is 3.29. The molecule has 2 saturated heterocycles. The van der Waals surface area contributed by atoms with Crippen molar-refractivity contribution >= 4 is 5.91 Å². The molecule has 0 bridgehead atoms. The van der Waals surface area contributed by atoms with Crippen molar-refractivity contribution in [3.63, 3.8) is 0 Å². The van der Waals surface area contributed by atoms with Gasteiger partial charge < -0.3 is 4.90 Å². The number of hydrogen-bond acceptors (Lipinski definition) is 2. The number of carbonyl (C=O) groups excluding carboxylic acids is 1. The van der Waals surface area contributed by atoms with Gasteiger partial charge in [-0.2, -0.15) is 0 Å². The Bertz CT molecular complexity index is 251. The molecular formula is C11H19FN2O. The average molecular weight is 214 g/mol. The summed E-state index contributed by atoms with van der Waals surface area (Å²) in [4.78, 5) is 15.5. The Hall–Kier alpha value is -0.640. The van der Waals surface area contributed by atoms with Gasteiger partial charge in [0.15, 0.2) is 0 Å². The lowest BCUT2D eigenvalue weighted by Crippen LogP contribution is -2.51. The zero-order valence-electron chi connectivity index (χ0n) is 9.34. The second-order valence-corrected chi connectivity index (χ2v) is 4.96. The third-order valence-corrected chi connectivity index (χ3v) is 3.29. The molecular weight excluding hydrogens is 195 g/mol. The number of nitrogens with zero attached hydrogens (tertiary/aromatic N) is 2. The van der Waals surface area contributed by atoms with Crippen LogP contribution in [0.3, 0.4) is 0 Å². The molecule has 1 amide bonds. The van der Waals surface area contributed by atoms with Gasteiger partial charge in [0.05, 0.1) is 6.54 Å². The van der Waals surface area contributed by atoms with E-state index in [0.717, 1.165) is 32.5 Å². The largest absolute Gasteiger partial charge is 0.341 e. The van der Waals surface area contributed by atoms with E-state index in [0.29, 0.717) is 19.5 Å². The molecule has 0 aliphatic carbocycles. The van der Waals surface area contributed by atoms with E-state index in [2.05, 4.69) is 0 Å². The topological polar surface area (TPSA) is 23.6 Å². The van der Waals surface area contributed by atoms with Crippen molar-refractivity contribution in [1.29, 1.82) is 0 Å². The smallest absolute Gasteiger partial charge is 0.236 e. The summed E-state index contributed by atoms with van der Waals surface area (Å²) < 4.78 is 13.7. The first-order chi connectivity index (χ1) is 7.07. The first-order valence-corrected chi connectivity index (χ1v) is 5.76. The maximum atomic E-state index is 13.7. The van der Waals surface area contributed by atoms with Gasteiger partial charge in [-0.05, 0) is 32.7 Å². The predicted octanol–water partition coefficient (Wildman–Crippen LogP) is 1.04. The fourth-order valence-electron chi connectivity index (χ4n) is 2.29. The molecule has 4 heteroatoms. The van der Waals surface area contributed by atoms with Gasteiger partial charge in [0.25, 0.3) is 0 Å². The number of hydrogen-bond donors (Lipinski definition) is 0. The highest BCUT2D eigenvalue weighted by Gasteiger charge is 2.32. The summed E-state index contributed by atoms with van der Waals surface area (Å²) in [6, 6.07) is 0. The first-order valence-electron chi connectivity index (χ1n) is 5.76. The zero-order valence-corrected chi connectivity index (χ0v) is 9.34. The van der Waals surface area contributed by atoms with Crippen LogP contribution < -0.4 is 0 Å². The molecule has 0 unspecified atom stereocenters. The lowest BCUT2D eigenvalue weighted by Gasteiger charge is -2.37. The van der Waals surface area contributed by atoms with Gasteiger partial charge in [-0.25, -0.2) is 4.39 Å². The molecule has 2 aliphatic heterocycles. The minimum absolute atomic E-state index is 0.166. The normalized spacial score (nSPS) is 32.5. The Morgan fingerprint density at radius 2 is 2.07 bits per heavy atom. The number of alkyl halides is 1. The fraction of sp³-hybridized carbons (Fsp3) is 0.909. The van der Waals surface area contributed by atoms with Crippen molar-refractivity contribution in [3.05, 3.63) is 0 Å². The van der Waals surface area contributed by atoms with Crippen LogP contribution in [0.2, 0.25) is 0 Å². The van der Waals surface area contributed by atoms with Crippen LogP contribution in [0.15, 0.2) is 0 Å². The second-order valence-electron chi connectivity index (χ2n) is 4.96. The molecule has 86 valence electrons. The molecule has 2 fully saturated rings. The molecule has 0 N–H and O–H groups in total. The van der Waals surface area contributed by atoms with Gasteiger partial charge in [-0.3, -0.25) is 9.69 Å². The van der Waals surface area contributed by atoms with Crippen molar-refractivity contribution in [2.45, 2.75) is 31.9 Å². The highest BCUT2D eigenvalue weighted by atomic mass is 19.1. The minimum atomic E-state index is -1.10. The van der Waals surface area contributed by atoms with Gasteiger partial charge in [0.2, 0.25) is 5.91 Å². The van der Waals surface area contributed by atoms with E-state index in [1.54, 1.807) is 6.92 Å². The number of halogens is 1. The SMILES string of the molecule is C[C@]1(F)CCCN(CC(=O)N2CCC2)C1. The lowest BCUT2D eigenvalue weighted by molar-refractivity contribution is -0.136. The Labute approximate surface area is 90.2 Å². The monoisotopic (exact) mass is 214 g/mol. The highest BCUT2D eigenvalue weighted by Crippen LogP contribution is 2.24. The second kappa shape index (κ2) is 4.08. The van der Waals surface area contributed by atoms with Crippen molar-refractivity contribution in [2.24, 2.45) is 0 Å². The summed E-state index contributed by atoms with van der Waals surface area (Å²) in [6.07, 6.45) is 2.61. The van der Waals surface area contributed by atoms with Gasteiger partial charge in [-0.1, -0.05) is 0 Å². The molecule has 0 aromatic carbocycles. The maximum Gasteiger partial charge on any atom is 0.236 e. The molecule has 3 nitrogen and oxygen atoms in total. The molecule has 15 heavy (non-hydrogen) atoms. The van der Waals surface area contributed by atoms with Crippen LogP contribution in [0.5, 0.6) is 0 Å². The van der Waals surface area contributed by atoms with Crippen LogP contribution in [-0.2, 0) is 4.79 Å². The van der Waals surface area contributed by atoms with Crippen LogP contribution in [-0.4, -0.2) is 54.1 Å². The molecule has 2 heterocycles. The van der Waals surface area contributed by atoms with Crippen LogP contribution in [0.1, 0.15) is 26.2 Å². The summed E-state index contributed by atoms with van der Waals surface area (Å²) in [7, 11) is 0. The van der Waals surface area contributed by atoms with E-state index in [9.17, 15) is 9.18 Å². The van der Waals surface area contributed by atoms with Crippen molar-refractivity contribution in [1.82, 2.24) is 9.80 Å². The molecule has 0 aromatic heterocycles. The number of piperidine rings is 1. The van der Waals surface area contributed by atoms with E-state index in [1.807, 2.05) is 9.80 Å². The molecule has 2 rings (SSSR count). The fourth-order valence-corrected chi connectivity index (χ4v) is 2.29. The zero-order chi connectivity index (χ0) is 10.9. The summed E-state index contributed by atoms with van der Waals surface area (Å²) in [5.41, 5.74) is -1.10. The van der Waals surface area contributed by atoms with E-state index >= 15 is 0 Å². The molecule has 2 aliphatic rings. The van der Waals surface area contributed by atoms with Crippen molar-refractivity contribution in [3.8, 4) is 0 Å².